The Balaban J connectivity index is 1.88. The molecule has 1 aliphatic heterocycles. The number of likely N-dealkylation sites (tertiary alicyclic amines) is 1. The van der Waals surface area contributed by atoms with Crippen LogP contribution in [0.5, 0.6) is 0 Å². The molecule has 1 aromatic carbocycles. The van der Waals surface area contributed by atoms with Crippen molar-refractivity contribution in [2.24, 2.45) is 5.73 Å². The molecule has 0 spiro atoms. The fraction of sp³-hybridized carbons (Fsp3) is 0.571. The molecular formula is C14H21ClN2O. The quantitative estimate of drug-likeness (QED) is 0.861. The highest BCUT2D eigenvalue weighted by atomic mass is 35.5. The Morgan fingerprint density at radius 3 is 2.94 bits per heavy atom. The molecule has 2 unspecified atom stereocenters. The van der Waals surface area contributed by atoms with Crippen molar-refractivity contribution in [1.29, 1.82) is 0 Å². The van der Waals surface area contributed by atoms with E-state index in [0.29, 0.717) is 6.04 Å². The fourth-order valence-electron chi connectivity index (χ4n) is 2.63. The molecule has 1 aromatic rings. The Kier molecular flexibility index (Phi) is 5.01. The first-order chi connectivity index (χ1) is 8.72. The van der Waals surface area contributed by atoms with Gasteiger partial charge in [-0.15, -0.1) is 0 Å². The highest BCUT2D eigenvalue weighted by Gasteiger charge is 2.23. The first-order valence-electron chi connectivity index (χ1n) is 6.57. The SMILES string of the molecule is NC(CCN1CCCC1CO)c1ccccc1Cl. The molecule has 4 heteroatoms. The molecule has 1 saturated heterocycles. The predicted molar refractivity (Wildman–Crippen MR) is 74.7 cm³/mol. The van der Waals surface area contributed by atoms with Gasteiger partial charge in [-0.3, -0.25) is 4.90 Å². The van der Waals surface area contributed by atoms with Gasteiger partial charge in [-0.05, 0) is 37.4 Å². The highest BCUT2D eigenvalue weighted by molar-refractivity contribution is 6.31. The molecule has 0 radical (unpaired) electrons. The van der Waals surface area contributed by atoms with Gasteiger partial charge in [-0.25, -0.2) is 0 Å². The van der Waals surface area contributed by atoms with Crippen molar-refractivity contribution in [3.63, 3.8) is 0 Å². The number of nitrogens with zero attached hydrogens (tertiary/aromatic N) is 1. The minimum absolute atomic E-state index is 0.0290. The van der Waals surface area contributed by atoms with Crippen LogP contribution in [0.3, 0.4) is 0 Å². The van der Waals surface area contributed by atoms with E-state index in [1.54, 1.807) is 0 Å². The van der Waals surface area contributed by atoms with Gasteiger partial charge in [0.15, 0.2) is 0 Å². The van der Waals surface area contributed by atoms with Crippen molar-refractivity contribution < 1.29 is 5.11 Å². The van der Waals surface area contributed by atoms with Crippen molar-refractivity contribution in [2.75, 3.05) is 19.7 Å². The number of benzene rings is 1. The summed E-state index contributed by atoms with van der Waals surface area (Å²) >= 11 is 6.14. The van der Waals surface area contributed by atoms with Gasteiger partial charge >= 0.3 is 0 Å². The van der Waals surface area contributed by atoms with Crippen LogP contribution in [0.4, 0.5) is 0 Å². The molecule has 0 saturated carbocycles. The van der Waals surface area contributed by atoms with E-state index in [-0.39, 0.29) is 12.6 Å². The lowest BCUT2D eigenvalue weighted by molar-refractivity contribution is 0.155. The highest BCUT2D eigenvalue weighted by Crippen LogP contribution is 2.24. The second kappa shape index (κ2) is 6.53. The number of halogens is 1. The maximum Gasteiger partial charge on any atom is 0.0586 e. The minimum atomic E-state index is -0.0290. The monoisotopic (exact) mass is 268 g/mol. The third-order valence-electron chi connectivity index (χ3n) is 3.74. The zero-order valence-corrected chi connectivity index (χ0v) is 11.3. The van der Waals surface area contributed by atoms with Crippen LogP contribution in [0.15, 0.2) is 24.3 Å². The van der Waals surface area contributed by atoms with E-state index in [0.717, 1.165) is 36.5 Å². The maximum absolute atomic E-state index is 9.27. The van der Waals surface area contributed by atoms with E-state index >= 15 is 0 Å². The summed E-state index contributed by atoms with van der Waals surface area (Å²) in [6.45, 7) is 2.25. The van der Waals surface area contributed by atoms with E-state index in [1.165, 1.54) is 6.42 Å². The van der Waals surface area contributed by atoms with Crippen molar-refractivity contribution >= 4 is 11.6 Å². The van der Waals surface area contributed by atoms with Crippen LogP contribution in [0.1, 0.15) is 30.9 Å². The lowest BCUT2D eigenvalue weighted by atomic mass is 10.0. The zero-order chi connectivity index (χ0) is 13.0. The summed E-state index contributed by atoms with van der Waals surface area (Å²) in [4.78, 5) is 2.33. The molecule has 1 aliphatic rings. The molecule has 0 amide bonds. The van der Waals surface area contributed by atoms with Crippen LogP contribution in [0.2, 0.25) is 5.02 Å². The summed E-state index contributed by atoms with van der Waals surface area (Å²) in [6.07, 6.45) is 3.14. The average Bonchev–Trinajstić information content (AvgIpc) is 2.84. The summed E-state index contributed by atoms with van der Waals surface area (Å²) in [5.74, 6) is 0. The van der Waals surface area contributed by atoms with E-state index in [4.69, 9.17) is 17.3 Å². The van der Waals surface area contributed by atoms with Crippen LogP contribution < -0.4 is 5.73 Å². The summed E-state index contributed by atoms with van der Waals surface area (Å²) in [5, 5.41) is 10.0. The van der Waals surface area contributed by atoms with E-state index < -0.39 is 0 Å². The molecule has 3 N–H and O–H groups in total. The standard InChI is InChI=1S/C14H21ClN2O/c15-13-6-2-1-5-12(13)14(16)7-9-17-8-3-4-11(17)10-18/h1-2,5-6,11,14,18H,3-4,7-10,16H2. The molecule has 0 bridgehead atoms. The van der Waals surface area contributed by atoms with Gasteiger partial charge < -0.3 is 10.8 Å². The zero-order valence-electron chi connectivity index (χ0n) is 10.6. The molecule has 1 heterocycles. The minimum Gasteiger partial charge on any atom is -0.395 e. The lowest BCUT2D eigenvalue weighted by Crippen LogP contribution is -2.34. The molecule has 18 heavy (non-hydrogen) atoms. The molecule has 100 valence electrons. The summed E-state index contributed by atoms with van der Waals surface area (Å²) in [7, 11) is 0. The van der Waals surface area contributed by atoms with Crippen LogP contribution in [0.25, 0.3) is 0 Å². The largest absolute Gasteiger partial charge is 0.395 e. The first-order valence-corrected chi connectivity index (χ1v) is 6.95. The average molecular weight is 269 g/mol. The Morgan fingerprint density at radius 1 is 1.44 bits per heavy atom. The normalized spacial score (nSPS) is 22.3. The molecule has 2 atom stereocenters. The number of aliphatic hydroxyl groups is 1. The van der Waals surface area contributed by atoms with Crippen LogP contribution in [-0.4, -0.2) is 35.7 Å². The molecular weight excluding hydrogens is 248 g/mol. The fourth-order valence-corrected chi connectivity index (χ4v) is 2.91. The smallest absolute Gasteiger partial charge is 0.0586 e. The van der Waals surface area contributed by atoms with Gasteiger partial charge in [0.2, 0.25) is 0 Å². The lowest BCUT2D eigenvalue weighted by Gasteiger charge is -2.24. The first kappa shape index (κ1) is 13.8. The molecule has 0 aromatic heterocycles. The predicted octanol–water partition coefficient (Wildman–Crippen LogP) is 2.19. The molecule has 0 aliphatic carbocycles. The van der Waals surface area contributed by atoms with E-state index in [9.17, 15) is 5.11 Å². The maximum atomic E-state index is 9.27. The summed E-state index contributed by atoms with van der Waals surface area (Å²) < 4.78 is 0. The summed E-state index contributed by atoms with van der Waals surface area (Å²) in [5.41, 5.74) is 7.20. The topological polar surface area (TPSA) is 49.5 Å². The number of hydrogen-bond acceptors (Lipinski definition) is 3. The van der Waals surface area contributed by atoms with Gasteiger partial charge in [0.25, 0.3) is 0 Å². The number of aliphatic hydroxyl groups excluding tert-OH is 1. The van der Waals surface area contributed by atoms with Gasteiger partial charge in [0.05, 0.1) is 6.61 Å². The second-order valence-electron chi connectivity index (χ2n) is 4.93. The van der Waals surface area contributed by atoms with Crippen LogP contribution in [-0.2, 0) is 0 Å². The number of nitrogens with two attached hydrogens (primary N) is 1. The Hall–Kier alpha value is -0.610. The van der Waals surface area contributed by atoms with Crippen molar-refractivity contribution in [2.45, 2.75) is 31.3 Å². The molecule has 1 fully saturated rings. The number of hydrogen-bond donors (Lipinski definition) is 2. The number of rotatable bonds is 5. The van der Waals surface area contributed by atoms with E-state index in [1.807, 2.05) is 24.3 Å². The third kappa shape index (κ3) is 3.23. The van der Waals surface area contributed by atoms with Gasteiger partial charge in [-0.2, -0.15) is 0 Å². The Labute approximate surface area is 114 Å². The van der Waals surface area contributed by atoms with Crippen molar-refractivity contribution in [1.82, 2.24) is 4.90 Å². The van der Waals surface area contributed by atoms with Gasteiger partial charge in [0.1, 0.15) is 0 Å². The van der Waals surface area contributed by atoms with Crippen LogP contribution in [0, 0.1) is 0 Å². The van der Waals surface area contributed by atoms with Crippen LogP contribution >= 0.6 is 11.6 Å². The van der Waals surface area contributed by atoms with E-state index in [2.05, 4.69) is 4.90 Å². The summed E-state index contributed by atoms with van der Waals surface area (Å²) in [6, 6.07) is 8.04. The molecule has 3 nitrogen and oxygen atoms in total. The van der Waals surface area contributed by atoms with Crippen molar-refractivity contribution in [3.8, 4) is 0 Å². The Morgan fingerprint density at radius 2 is 2.22 bits per heavy atom. The third-order valence-corrected chi connectivity index (χ3v) is 4.09. The Bertz CT molecular complexity index is 386. The van der Waals surface area contributed by atoms with Gasteiger partial charge in [-0.1, -0.05) is 29.8 Å². The second-order valence-corrected chi connectivity index (χ2v) is 5.34. The van der Waals surface area contributed by atoms with Crippen molar-refractivity contribution in [3.05, 3.63) is 34.9 Å². The molecule has 2 rings (SSSR count). The van der Waals surface area contributed by atoms with Gasteiger partial charge in [0, 0.05) is 23.7 Å².